The molecule has 0 unspecified atom stereocenters. The Morgan fingerprint density at radius 3 is 2.43 bits per heavy atom. The van der Waals surface area contributed by atoms with Crippen molar-refractivity contribution in [3.63, 3.8) is 0 Å². The molecule has 1 heterocycles. The number of carbonyl (C=O) groups is 2. The van der Waals surface area contributed by atoms with E-state index in [-0.39, 0.29) is 37.7 Å². The molecule has 1 aliphatic rings. The first-order chi connectivity index (χ1) is 17.7. The largest absolute Gasteiger partial charge is 0.388 e. The first-order valence-electron chi connectivity index (χ1n) is 12.1. The molecule has 10 heteroatoms. The van der Waals surface area contributed by atoms with Crippen molar-refractivity contribution in [1.82, 2.24) is 9.80 Å². The molecule has 1 aliphatic heterocycles. The fourth-order valence-corrected chi connectivity index (χ4v) is 4.32. The molecule has 2 aromatic rings. The Kier molecular flexibility index (Phi) is 11.2. The molecule has 3 rings (SSSR count). The summed E-state index contributed by atoms with van der Waals surface area (Å²) >= 11 is 3.41. The van der Waals surface area contributed by atoms with E-state index >= 15 is 0 Å². The van der Waals surface area contributed by atoms with Gasteiger partial charge >= 0.3 is 0 Å². The molecule has 1 fully saturated rings. The summed E-state index contributed by atoms with van der Waals surface area (Å²) in [6.07, 6.45) is 0.0880. The Morgan fingerprint density at radius 1 is 0.973 bits per heavy atom. The van der Waals surface area contributed by atoms with E-state index in [4.69, 9.17) is 4.74 Å². The second kappa shape index (κ2) is 14.3. The van der Waals surface area contributed by atoms with Gasteiger partial charge in [-0.05, 0) is 60.9 Å². The van der Waals surface area contributed by atoms with Gasteiger partial charge in [0.15, 0.2) is 0 Å². The van der Waals surface area contributed by atoms with Gasteiger partial charge in [0.1, 0.15) is 24.1 Å². The normalized spacial score (nSPS) is 22.6. The number of hydrogen-bond acceptors (Lipinski definition) is 6. The van der Waals surface area contributed by atoms with Crippen molar-refractivity contribution in [2.75, 3.05) is 39.4 Å². The minimum atomic E-state index is -1.54. The van der Waals surface area contributed by atoms with Gasteiger partial charge < -0.3 is 29.9 Å². The number of β-amino-alcohol motifs (C(OH)–C–C–N with tert-alkyl or cyclic N) is 1. The molecule has 37 heavy (non-hydrogen) atoms. The van der Waals surface area contributed by atoms with Crippen LogP contribution in [0, 0.1) is 5.82 Å². The smallest absolute Gasteiger partial charge is 0.254 e. The van der Waals surface area contributed by atoms with Crippen LogP contribution in [0.5, 0.6) is 0 Å². The molecule has 0 saturated carbocycles. The number of benzene rings is 2. The van der Waals surface area contributed by atoms with Gasteiger partial charge in [0.05, 0.1) is 6.61 Å². The van der Waals surface area contributed by atoms with E-state index in [0.717, 1.165) is 22.2 Å². The van der Waals surface area contributed by atoms with Crippen LogP contribution in [0.3, 0.4) is 0 Å². The molecule has 3 N–H and O–H groups in total. The fourth-order valence-electron chi connectivity index (χ4n) is 3.91. The Bertz CT molecular complexity index is 1070. The fraction of sp³-hybridized carbons (Fsp3) is 0.407. The van der Waals surface area contributed by atoms with Gasteiger partial charge in [-0.3, -0.25) is 9.59 Å². The summed E-state index contributed by atoms with van der Waals surface area (Å²) in [5.74, 6) is -1.23. The van der Waals surface area contributed by atoms with E-state index in [1.54, 1.807) is 11.0 Å². The summed E-state index contributed by atoms with van der Waals surface area (Å²) in [6, 6.07) is 12.5. The third-order valence-corrected chi connectivity index (χ3v) is 6.54. The van der Waals surface area contributed by atoms with Crippen molar-refractivity contribution in [3.8, 4) is 0 Å². The summed E-state index contributed by atoms with van der Waals surface area (Å²) in [5.41, 5.74) is 1.04. The van der Waals surface area contributed by atoms with Crippen molar-refractivity contribution in [2.24, 2.45) is 0 Å². The van der Waals surface area contributed by atoms with E-state index in [2.05, 4.69) is 15.9 Å². The Morgan fingerprint density at radius 2 is 1.70 bits per heavy atom. The van der Waals surface area contributed by atoms with E-state index in [0.29, 0.717) is 26.0 Å². The van der Waals surface area contributed by atoms with Gasteiger partial charge in [0.25, 0.3) is 5.91 Å². The SMILES string of the molecule is O=C(C=Cc1cccc(Br)c1)N1CCCCOC[C@@H](O)[C@H](O)[C@@H](O)CN(C(=O)c2ccc(F)cc2)CC1. The lowest BCUT2D eigenvalue weighted by Crippen LogP contribution is -2.49. The van der Waals surface area contributed by atoms with Crippen molar-refractivity contribution in [1.29, 1.82) is 0 Å². The molecular weight excluding hydrogens is 547 g/mol. The highest BCUT2D eigenvalue weighted by molar-refractivity contribution is 9.10. The van der Waals surface area contributed by atoms with Crippen LogP contribution < -0.4 is 0 Å². The molecule has 0 radical (unpaired) electrons. The lowest BCUT2D eigenvalue weighted by atomic mass is 10.1. The number of nitrogens with zero attached hydrogens (tertiary/aromatic N) is 2. The summed E-state index contributed by atoms with van der Waals surface area (Å²) in [6.45, 7) is 0.485. The molecule has 3 atom stereocenters. The van der Waals surface area contributed by atoms with Gasteiger partial charge in [-0.1, -0.05) is 28.1 Å². The van der Waals surface area contributed by atoms with E-state index < -0.39 is 30.0 Å². The van der Waals surface area contributed by atoms with Crippen LogP contribution in [0.25, 0.3) is 6.08 Å². The third-order valence-electron chi connectivity index (χ3n) is 6.05. The van der Waals surface area contributed by atoms with Crippen molar-refractivity contribution < 1.29 is 34.0 Å². The topological polar surface area (TPSA) is 111 Å². The van der Waals surface area contributed by atoms with Crippen LogP contribution in [0.4, 0.5) is 4.39 Å². The van der Waals surface area contributed by atoms with E-state index in [1.165, 1.54) is 23.1 Å². The van der Waals surface area contributed by atoms with E-state index in [9.17, 15) is 29.3 Å². The first-order valence-corrected chi connectivity index (χ1v) is 12.9. The molecule has 0 spiro atoms. The maximum absolute atomic E-state index is 13.4. The standard InChI is InChI=1S/C27H32BrFN2O6/c28-21-5-3-4-19(16-21)6-11-25(34)30-12-1-2-15-37-18-24(33)26(35)23(32)17-31(14-13-30)27(36)20-7-9-22(29)10-8-20/h3-11,16,23-24,26,32-33,35H,1-2,12-15,17-18H2/t23-,24+,26+/m0/s1. The second-order valence-electron chi connectivity index (χ2n) is 8.88. The molecular formula is C27H32BrFN2O6. The molecule has 0 aliphatic carbocycles. The van der Waals surface area contributed by atoms with Gasteiger partial charge in [-0.2, -0.15) is 0 Å². The molecule has 2 aromatic carbocycles. The number of hydrogen-bond donors (Lipinski definition) is 3. The summed E-state index contributed by atoms with van der Waals surface area (Å²) in [7, 11) is 0. The maximum Gasteiger partial charge on any atom is 0.254 e. The minimum absolute atomic E-state index is 0.0586. The number of aliphatic hydroxyl groups excluding tert-OH is 3. The Hall–Kier alpha value is -2.63. The van der Waals surface area contributed by atoms with Gasteiger partial charge in [-0.25, -0.2) is 4.39 Å². The van der Waals surface area contributed by atoms with Crippen LogP contribution >= 0.6 is 15.9 Å². The highest BCUT2D eigenvalue weighted by atomic mass is 79.9. The minimum Gasteiger partial charge on any atom is -0.388 e. The van der Waals surface area contributed by atoms with Crippen LogP contribution in [0.1, 0.15) is 28.8 Å². The molecule has 200 valence electrons. The highest BCUT2D eigenvalue weighted by Gasteiger charge is 2.29. The third kappa shape index (κ3) is 9.01. The lowest BCUT2D eigenvalue weighted by Gasteiger charge is -2.32. The van der Waals surface area contributed by atoms with Crippen LogP contribution in [-0.2, 0) is 9.53 Å². The molecule has 2 amide bonds. The quantitative estimate of drug-likeness (QED) is 0.483. The second-order valence-corrected chi connectivity index (χ2v) is 9.79. The van der Waals surface area contributed by atoms with Crippen molar-refractivity contribution >= 4 is 33.8 Å². The number of aliphatic hydroxyl groups is 3. The number of halogens is 2. The number of rotatable bonds is 3. The monoisotopic (exact) mass is 578 g/mol. The van der Waals surface area contributed by atoms with Gasteiger partial charge in [-0.15, -0.1) is 0 Å². The van der Waals surface area contributed by atoms with Crippen LogP contribution in [0.2, 0.25) is 0 Å². The van der Waals surface area contributed by atoms with Crippen LogP contribution in [-0.4, -0.2) is 94.6 Å². The Balaban J connectivity index is 1.80. The lowest BCUT2D eigenvalue weighted by molar-refractivity contribution is -0.126. The average Bonchev–Trinajstić information content (AvgIpc) is 2.89. The predicted molar refractivity (Wildman–Crippen MR) is 140 cm³/mol. The van der Waals surface area contributed by atoms with Gasteiger partial charge in [0.2, 0.25) is 5.91 Å². The van der Waals surface area contributed by atoms with Crippen molar-refractivity contribution in [3.05, 3.63) is 76.0 Å². The number of ether oxygens (including phenoxy) is 1. The zero-order chi connectivity index (χ0) is 26.8. The molecule has 0 bridgehead atoms. The highest BCUT2D eigenvalue weighted by Crippen LogP contribution is 2.14. The van der Waals surface area contributed by atoms with Crippen molar-refractivity contribution in [2.45, 2.75) is 31.2 Å². The molecule has 8 nitrogen and oxygen atoms in total. The molecule has 1 saturated heterocycles. The Labute approximate surface area is 224 Å². The predicted octanol–water partition coefficient (Wildman–Crippen LogP) is 2.47. The number of carbonyl (C=O) groups excluding carboxylic acids is 2. The zero-order valence-corrected chi connectivity index (χ0v) is 22.0. The average molecular weight is 579 g/mol. The van der Waals surface area contributed by atoms with Crippen LogP contribution in [0.15, 0.2) is 59.1 Å². The summed E-state index contributed by atoms with van der Waals surface area (Å²) in [5, 5.41) is 31.1. The molecule has 0 aromatic heterocycles. The number of amides is 2. The summed E-state index contributed by atoms with van der Waals surface area (Å²) in [4.78, 5) is 29.2. The first kappa shape index (κ1) is 28.9. The zero-order valence-electron chi connectivity index (χ0n) is 20.4. The summed E-state index contributed by atoms with van der Waals surface area (Å²) < 4.78 is 19.7. The maximum atomic E-state index is 13.4. The van der Waals surface area contributed by atoms with Gasteiger partial charge in [0, 0.05) is 48.9 Å². The van der Waals surface area contributed by atoms with E-state index in [1.807, 2.05) is 24.3 Å².